The summed E-state index contributed by atoms with van der Waals surface area (Å²) in [5.41, 5.74) is 4.19. The van der Waals surface area contributed by atoms with E-state index in [4.69, 9.17) is 4.74 Å². The first-order chi connectivity index (χ1) is 17.3. The number of ether oxygens (including phenoxy) is 1. The Balaban J connectivity index is 1.69. The first kappa shape index (κ1) is 25.8. The summed E-state index contributed by atoms with van der Waals surface area (Å²) in [4.78, 5) is 18.2. The van der Waals surface area contributed by atoms with Gasteiger partial charge in [0.2, 0.25) is 0 Å². The molecule has 0 radical (unpaired) electrons. The first-order valence-corrected chi connectivity index (χ1v) is 13.9. The van der Waals surface area contributed by atoms with E-state index in [1.807, 2.05) is 24.5 Å². The summed E-state index contributed by atoms with van der Waals surface area (Å²) >= 11 is 1.46. The summed E-state index contributed by atoms with van der Waals surface area (Å²) < 4.78 is 36.2. The number of amides is 1. The number of hydrogen-bond donors (Lipinski definition) is 0. The second-order valence-electron chi connectivity index (χ2n) is 8.41. The number of anilines is 1. The van der Waals surface area contributed by atoms with E-state index in [2.05, 4.69) is 17.1 Å². The first-order valence-electron chi connectivity index (χ1n) is 11.6. The molecule has 0 fully saturated rings. The van der Waals surface area contributed by atoms with Crippen LogP contribution in [0, 0.1) is 13.8 Å². The van der Waals surface area contributed by atoms with Gasteiger partial charge in [-0.15, -0.1) is 0 Å². The molecule has 1 aromatic heterocycles. The van der Waals surface area contributed by atoms with Gasteiger partial charge in [0, 0.05) is 25.8 Å². The van der Waals surface area contributed by atoms with Crippen molar-refractivity contribution in [1.82, 2.24) is 4.57 Å². The maximum Gasteiger partial charge on any atom is 0.279 e. The van der Waals surface area contributed by atoms with E-state index >= 15 is 0 Å². The van der Waals surface area contributed by atoms with Crippen LogP contribution in [0.4, 0.5) is 5.69 Å². The van der Waals surface area contributed by atoms with Gasteiger partial charge in [-0.25, -0.2) is 8.42 Å². The highest BCUT2D eigenvalue weighted by atomic mass is 32.2. The average molecular weight is 524 g/mol. The van der Waals surface area contributed by atoms with Gasteiger partial charge >= 0.3 is 0 Å². The molecule has 4 rings (SSSR count). The SMILES string of the molecule is CCN(c1ccccc1)S(=O)(=O)c1ccc(C(=O)N=c2sc3c(C)cc(C)cc3n2CCOC)cc1. The second-order valence-corrected chi connectivity index (χ2v) is 11.2. The topological polar surface area (TPSA) is 81.0 Å². The summed E-state index contributed by atoms with van der Waals surface area (Å²) in [6.45, 7) is 7.21. The molecule has 1 heterocycles. The third-order valence-electron chi connectivity index (χ3n) is 5.85. The van der Waals surface area contributed by atoms with E-state index in [1.54, 1.807) is 38.3 Å². The molecule has 4 aromatic rings. The van der Waals surface area contributed by atoms with Gasteiger partial charge in [-0.1, -0.05) is 35.6 Å². The third-order valence-corrected chi connectivity index (χ3v) is 9.00. The quantitative estimate of drug-likeness (QED) is 0.328. The van der Waals surface area contributed by atoms with E-state index in [9.17, 15) is 13.2 Å². The van der Waals surface area contributed by atoms with Crippen LogP contribution in [-0.4, -0.2) is 39.2 Å². The van der Waals surface area contributed by atoms with Crippen molar-refractivity contribution in [3.8, 4) is 0 Å². The Hall–Kier alpha value is -3.27. The lowest BCUT2D eigenvalue weighted by Crippen LogP contribution is -2.30. The molecular formula is C27H29N3O4S2. The molecule has 1 amide bonds. The van der Waals surface area contributed by atoms with Crippen molar-refractivity contribution >= 4 is 43.2 Å². The zero-order chi connectivity index (χ0) is 25.9. The largest absolute Gasteiger partial charge is 0.383 e. The van der Waals surface area contributed by atoms with Crippen molar-refractivity contribution < 1.29 is 17.9 Å². The Labute approximate surface area is 215 Å². The number of sulfonamides is 1. The summed E-state index contributed by atoms with van der Waals surface area (Å²) in [5, 5.41) is 0. The fraction of sp³-hybridized carbons (Fsp3) is 0.259. The molecule has 0 bridgehead atoms. The number of aryl methyl sites for hydroxylation is 2. The van der Waals surface area contributed by atoms with E-state index in [1.165, 1.54) is 39.9 Å². The minimum Gasteiger partial charge on any atom is -0.383 e. The predicted molar refractivity (Wildman–Crippen MR) is 144 cm³/mol. The molecule has 36 heavy (non-hydrogen) atoms. The van der Waals surface area contributed by atoms with E-state index < -0.39 is 15.9 Å². The number of carbonyl (C=O) groups excluding carboxylic acids is 1. The van der Waals surface area contributed by atoms with Crippen molar-refractivity contribution in [2.24, 2.45) is 4.99 Å². The Morgan fingerprint density at radius 1 is 1.06 bits per heavy atom. The van der Waals surface area contributed by atoms with Crippen LogP contribution in [0.15, 0.2) is 76.6 Å². The molecule has 0 aliphatic carbocycles. The molecule has 0 saturated carbocycles. The van der Waals surface area contributed by atoms with Gasteiger partial charge in [0.1, 0.15) is 0 Å². The highest BCUT2D eigenvalue weighted by molar-refractivity contribution is 7.92. The number of para-hydroxylation sites is 1. The average Bonchev–Trinajstić information content (AvgIpc) is 3.20. The lowest BCUT2D eigenvalue weighted by atomic mass is 10.1. The van der Waals surface area contributed by atoms with Crippen molar-refractivity contribution in [2.75, 3.05) is 24.6 Å². The maximum absolute atomic E-state index is 13.2. The number of methoxy groups -OCH3 is 1. The molecule has 0 saturated heterocycles. The number of rotatable bonds is 8. The van der Waals surface area contributed by atoms with Gasteiger partial charge in [-0.2, -0.15) is 4.99 Å². The number of carbonyl (C=O) groups is 1. The fourth-order valence-electron chi connectivity index (χ4n) is 4.13. The Morgan fingerprint density at radius 3 is 2.39 bits per heavy atom. The number of benzene rings is 3. The summed E-state index contributed by atoms with van der Waals surface area (Å²) in [6.07, 6.45) is 0. The molecule has 0 unspecified atom stereocenters. The van der Waals surface area contributed by atoms with E-state index in [0.717, 1.165) is 21.3 Å². The van der Waals surface area contributed by atoms with Gasteiger partial charge in [0.15, 0.2) is 4.80 Å². The molecule has 188 valence electrons. The lowest BCUT2D eigenvalue weighted by Gasteiger charge is -2.22. The summed E-state index contributed by atoms with van der Waals surface area (Å²) in [5.74, 6) is -0.429. The summed E-state index contributed by atoms with van der Waals surface area (Å²) in [7, 11) is -2.13. The van der Waals surface area contributed by atoms with Crippen LogP contribution in [0.5, 0.6) is 0 Å². The van der Waals surface area contributed by atoms with Gasteiger partial charge in [-0.05, 0) is 74.4 Å². The molecule has 0 spiro atoms. The molecule has 0 atom stereocenters. The maximum atomic E-state index is 13.2. The number of fused-ring (bicyclic) bond motifs is 1. The molecule has 7 nitrogen and oxygen atoms in total. The van der Waals surface area contributed by atoms with Crippen molar-refractivity contribution in [2.45, 2.75) is 32.2 Å². The Kier molecular flexibility index (Phi) is 7.73. The zero-order valence-electron chi connectivity index (χ0n) is 20.8. The van der Waals surface area contributed by atoms with Gasteiger partial charge in [0.25, 0.3) is 15.9 Å². The van der Waals surface area contributed by atoms with Crippen LogP contribution in [0.1, 0.15) is 28.4 Å². The van der Waals surface area contributed by atoms with Crippen LogP contribution in [0.2, 0.25) is 0 Å². The molecule has 9 heteroatoms. The van der Waals surface area contributed by atoms with E-state index in [0.29, 0.717) is 29.2 Å². The van der Waals surface area contributed by atoms with Crippen molar-refractivity contribution in [3.05, 3.63) is 88.2 Å². The minimum atomic E-state index is -3.77. The number of thiazole rings is 1. The van der Waals surface area contributed by atoms with Gasteiger partial charge < -0.3 is 9.30 Å². The van der Waals surface area contributed by atoms with Crippen molar-refractivity contribution in [3.63, 3.8) is 0 Å². The Morgan fingerprint density at radius 2 is 1.75 bits per heavy atom. The number of nitrogens with zero attached hydrogens (tertiary/aromatic N) is 3. The predicted octanol–water partition coefficient (Wildman–Crippen LogP) is 4.92. The van der Waals surface area contributed by atoms with Crippen molar-refractivity contribution in [1.29, 1.82) is 0 Å². The highest BCUT2D eigenvalue weighted by Gasteiger charge is 2.23. The second kappa shape index (κ2) is 10.8. The fourth-order valence-corrected chi connectivity index (χ4v) is 6.71. The van der Waals surface area contributed by atoms with Crippen LogP contribution < -0.4 is 9.11 Å². The molecule has 0 aliphatic rings. The van der Waals surface area contributed by atoms with Crippen LogP contribution in [0.25, 0.3) is 10.2 Å². The monoisotopic (exact) mass is 523 g/mol. The van der Waals surface area contributed by atoms with Gasteiger partial charge in [-0.3, -0.25) is 9.10 Å². The molecule has 3 aromatic carbocycles. The van der Waals surface area contributed by atoms with Crippen LogP contribution in [0.3, 0.4) is 0 Å². The minimum absolute atomic E-state index is 0.118. The normalized spacial score (nSPS) is 12.3. The van der Waals surface area contributed by atoms with Gasteiger partial charge in [0.05, 0.1) is 27.4 Å². The van der Waals surface area contributed by atoms with Crippen LogP contribution in [-0.2, 0) is 21.3 Å². The molecule has 0 N–H and O–H groups in total. The molecular weight excluding hydrogens is 494 g/mol. The number of hydrogen-bond acceptors (Lipinski definition) is 5. The number of aromatic nitrogens is 1. The zero-order valence-corrected chi connectivity index (χ0v) is 22.4. The molecule has 0 aliphatic heterocycles. The Bertz CT molecular complexity index is 1550. The highest BCUT2D eigenvalue weighted by Crippen LogP contribution is 2.25. The third kappa shape index (κ3) is 5.13. The lowest BCUT2D eigenvalue weighted by molar-refractivity contribution is 0.0997. The smallest absolute Gasteiger partial charge is 0.279 e. The summed E-state index contributed by atoms with van der Waals surface area (Å²) in [6, 6.07) is 19.1. The van der Waals surface area contributed by atoms with Crippen LogP contribution >= 0.6 is 11.3 Å². The van der Waals surface area contributed by atoms with E-state index in [-0.39, 0.29) is 11.4 Å². The standard InChI is InChI=1S/C27H29N3O4S2/c1-5-30(22-9-7-6-8-10-22)36(32,33)23-13-11-21(12-14-23)26(31)28-27-29(15-16-34-4)24-18-19(2)17-20(3)25(24)35-27/h6-14,17-18H,5,15-16H2,1-4H3.